The van der Waals surface area contributed by atoms with Crippen LogP contribution in [0.25, 0.3) is 16.6 Å². The van der Waals surface area contributed by atoms with Crippen molar-refractivity contribution in [3.05, 3.63) is 54.0 Å². The van der Waals surface area contributed by atoms with E-state index in [1.807, 2.05) is 24.0 Å². The first-order valence-electron chi connectivity index (χ1n) is 9.73. The number of hydrogen-bond donors (Lipinski definition) is 0. The minimum Gasteiger partial charge on any atom is -0.466 e. The summed E-state index contributed by atoms with van der Waals surface area (Å²) in [6.45, 7) is 4.40. The summed E-state index contributed by atoms with van der Waals surface area (Å²) in [7, 11) is 0. The Morgan fingerprint density at radius 2 is 1.89 bits per heavy atom. The fourth-order valence-electron chi connectivity index (χ4n) is 4.03. The van der Waals surface area contributed by atoms with Gasteiger partial charge >= 0.3 is 5.97 Å². The monoisotopic (exact) mass is 363 g/mol. The Hall–Kier alpha value is -2.69. The zero-order valence-electron chi connectivity index (χ0n) is 15.9. The van der Waals surface area contributed by atoms with Crippen molar-refractivity contribution in [1.29, 1.82) is 0 Å². The molecule has 0 bridgehead atoms. The normalized spacial score (nSPS) is 19.9. The number of hydrogen-bond acceptors (Lipinski definition) is 4. The number of benzene rings is 1. The average molecular weight is 363 g/mol. The molecule has 5 heteroatoms. The molecular formula is C22H25N3O2. The molecule has 140 valence electrons. The number of aryl methyl sites for hydroxylation is 1. The zero-order chi connectivity index (χ0) is 18.8. The van der Waals surface area contributed by atoms with E-state index in [4.69, 9.17) is 9.84 Å². The van der Waals surface area contributed by atoms with Gasteiger partial charge in [-0.2, -0.15) is 5.10 Å². The molecule has 1 aliphatic rings. The molecule has 3 aromatic rings. The molecule has 0 N–H and O–H groups in total. The number of carbonyl (C=O) groups is 1. The summed E-state index contributed by atoms with van der Waals surface area (Å²) in [6.07, 6.45) is 7.38. The van der Waals surface area contributed by atoms with Gasteiger partial charge in [0.05, 0.1) is 35.6 Å². The Bertz CT molecular complexity index is 938. The second-order valence-corrected chi connectivity index (χ2v) is 7.33. The number of esters is 1. The maximum atomic E-state index is 12.0. The maximum Gasteiger partial charge on any atom is 0.308 e. The fraction of sp³-hybridized carbons (Fsp3) is 0.409. The van der Waals surface area contributed by atoms with Crippen LogP contribution in [0, 0.1) is 12.8 Å². The Balaban J connectivity index is 1.63. The van der Waals surface area contributed by atoms with Gasteiger partial charge in [0.2, 0.25) is 0 Å². The van der Waals surface area contributed by atoms with Gasteiger partial charge in [0, 0.05) is 17.5 Å². The topological polar surface area (TPSA) is 57.0 Å². The molecule has 1 saturated carbocycles. The Labute approximate surface area is 159 Å². The Morgan fingerprint density at radius 3 is 2.59 bits per heavy atom. The molecule has 27 heavy (non-hydrogen) atoms. The van der Waals surface area contributed by atoms with Gasteiger partial charge in [0.15, 0.2) is 0 Å². The fourth-order valence-corrected chi connectivity index (χ4v) is 4.03. The zero-order valence-corrected chi connectivity index (χ0v) is 15.9. The quantitative estimate of drug-likeness (QED) is 0.637. The first-order chi connectivity index (χ1) is 13.2. The highest BCUT2D eigenvalue weighted by Crippen LogP contribution is 2.38. The summed E-state index contributed by atoms with van der Waals surface area (Å²) < 4.78 is 7.19. The molecule has 4 rings (SSSR count). The van der Waals surface area contributed by atoms with Crippen molar-refractivity contribution in [3.8, 4) is 5.69 Å². The van der Waals surface area contributed by atoms with Gasteiger partial charge in [-0.1, -0.05) is 17.7 Å². The van der Waals surface area contributed by atoms with Crippen molar-refractivity contribution in [3.63, 3.8) is 0 Å². The summed E-state index contributed by atoms with van der Waals surface area (Å²) in [4.78, 5) is 16.3. The van der Waals surface area contributed by atoms with Gasteiger partial charge in [0.1, 0.15) is 0 Å². The highest BCUT2D eigenvalue weighted by atomic mass is 16.5. The van der Waals surface area contributed by atoms with Gasteiger partial charge < -0.3 is 4.74 Å². The summed E-state index contributed by atoms with van der Waals surface area (Å²) in [5.74, 6) is 0.357. The summed E-state index contributed by atoms with van der Waals surface area (Å²) in [5.41, 5.74) is 4.43. The predicted octanol–water partition coefficient (Wildman–Crippen LogP) is 4.57. The van der Waals surface area contributed by atoms with Crippen molar-refractivity contribution in [2.75, 3.05) is 6.61 Å². The lowest BCUT2D eigenvalue weighted by molar-refractivity contribution is -0.149. The van der Waals surface area contributed by atoms with E-state index in [0.29, 0.717) is 12.5 Å². The number of aromatic nitrogens is 3. The van der Waals surface area contributed by atoms with Crippen molar-refractivity contribution >= 4 is 16.9 Å². The van der Waals surface area contributed by atoms with Gasteiger partial charge in [-0.3, -0.25) is 9.78 Å². The molecule has 0 aliphatic heterocycles. The first kappa shape index (κ1) is 17.7. The third-order valence-corrected chi connectivity index (χ3v) is 5.52. The highest BCUT2D eigenvalue weighted by molar-refractivity contribution is 5.83. The SMILES string of the molecule is CCOC(=O)C1CCC(c2nn(-c3ccc(C)cc3)c3cnccc23)CC1. The second-order valence-electron chi connectivity index (χ2n) is 7.33. The number of ether oxygens (including phenoxy) is 1. The van der Waals surface area contributed by atoms with Crippen LogP contribution in [-0.4, -0.2) is 27.3 Å². The number of fused-ring (bicyclic) bond motifs is 1. The van der Waals surface area contributed by atoms with Crippen molar-refractivity contribution in [1.82, 2.24) is 14.8 Å². The third-order valence-electron chi connectivity index (χ3n) is 5.52. The largest absolute Gasteiger partial charge is 0.466 e. The molecule has 2 heterocycles. The van der Waals surface area contributed by atoms with E-state index in [9.17, 15) is 4.79 Å². The van der Waals surface area contributed by atoms with Crippen LogP contribution in [0.5, 0.6) is 0 Å². The summed E-state index contributed by atoms with van der Waals surface area (Å²) in [5, 5.41) is 6.14. The van der Waals surface area contributed by atoms with E-state index in [1.165, 1.54) is 5.56 Å². The van der Waals surface area contributed by atoms with E-state index < -0.39 is 0 Å². The summed E-state index contributed by atoms with van der Waals surface area (Å²) >= 11 is 0. The number of carbonyl (C=O) groups excluding carboxylic acids is 1. The maximum absolute atomic E-state index is 12.0. The van der Waals surface area contributed by atoms with E-state index in [2.05, 4.69) is 42.2 Å². The van der Waals surface area contributed by atoms with Crippen LogP contribution in [-0.2, 0) is 9.53 Å². The van der Waals surface area contributed by atoms with Gasteiger partial charge in [-0.05, 0) is 57.7 Å². The number of nitrogens with zero attached hydrogens (tertiary/aromatic N) is 3. The molecule has 0 spiro atoms. The Kier molecular flexibility index (Phi) is 4.92. The lowest BCUT2D eigenvalue weighted by atomic mass is 9.80. The predicted molar refractivity (Wildman–Crippen MR) is 105 cm³/mol. The second kappa shape index (κ2) is 7.51. The molecule has 0 unspecified atom stereocenters. The van der Waals surface area contributed by atoms with E-state index in [-0.39, 0.29) is 11.9 Å². The van der Waals surface area contributed by atoms with Gasteiger partial charge in [-0.25, -0.2) is 4.68 Å². The van der Waals surface area contributed by atoms with Crippen molar-refractivity contribution in [2.45, 2.75) is 45.4 Å². The van der Waals surface area contributed by atoms with E-state index in [0.717, 1.165) is 48.0 Å². The van der Waals surface area contributed by atoms with Crippen LogP contribution in [0.2, 0.25) is 0 Å². The third kappa shape index (κ3) is 3.46. The molecule has 0 atom stereocenters. The van der Waals surface area contributed by atoms with E-state index >= 15 is 0 Å². The molecule has 1 aromatic carbocycles. The van der Waals surface area contributed by atoms with Crippen molar-refractivity contribution in [2.24, 2.45) is 5.92 Å². The molecule has 0 saturated heterocycles. The van der Waals surface area contributed by atoms with Crippen LogP contribution in [0.3, 0.4) is 0 Å². The highest BCUT2D eigenvalue weighted by Gasteiger charge is 2.30. The van der Waals surface area contributed by atoms with Gasteiger partial charge in [0.25, 0.3) is 0 Å². The molecule has 2 aromatic heterocycles. The Morgan fingerprint density at radius 1 is 1.15 bits per heavy atom. The molecule has 0 amide bonds. The smallest absolute Gasteiger partial charge is 0.308 e. The average Bonchev–Trinajstić information content (AvgIpc) is 3.09. The van der Waals surface area contributed by atoms with E-state index in [1.54, 1.807) is 0 Å². The molecular weight excluding hydrogens is 338 g/mol. The van der Waals surface area contributed by atoms with Gasteiger partial charge in [-0.15, -0.1) is 0 Å². The number of rotatable bonds is 4. The van der Waals surface area contributed by atoms with Crippen LogP contribution >= 0.6 is 0 Å². The molecule has 1 fully saturated rings. The van der Waals surface area contributed by atoms with Crippen LogP contribution < -0.4 is 0 Å². The standard InChI is InChI=1S/C22H25N3O2/c1-3-27-22(26)17-8-6-16(7-9-17)21-19-12-13-23-14-20(19)25(24-21)18-10-4-15(2)5-11-18/h4-5,10-14,16-17H,3,6-9H2,1-2H3. The summed E-state index contributed by atoms with van der Waals surface area (Å²) in [6, 6.07) is 10.4. The molecule has 5 nitrogen and oxygen atoms in total. The lowest BCUT2D eigenvalue weighted by Crippen LogP contribution is -2.23. The molecule has 0 radical (unpaired) electrons. The van der Waals surface area contributed by atoms with Crippen LogP contribution in [0.1, 0.15) is 49.8 Å². The number of pyridine rings is 1. The lowest BCUT2D eigenvalue weighted by Gasteiger charge is -2.26. The minimum atomic E-state index is -0.0461. The minimum absolute atomic E-state index is 0.0355. The first-order valence-corrected chi connectivity index (χ1v) is 9.73. The van der Waals surface area contributed by atoms with Crippen LogP contribution in [0.4, 0.5) is 0 Å². The van der Waals surface area contributed by atoms with Crippen LogP contribution in [0.15, 0.2) is 42.7 Å². The molecule has 1 aliphatic carbocycles. The van der Waals surface area contributed by atoms with Crippen molar-refractivity contribution < 1.29 is 9.53 Å².